The first-order valence-electron chi connectivity index (χ1n) is 6.92. The van der Waals surface area contributed by atoms with Crippen LogP contribution < -0.4 is 19.9 Å². The molecule has 1 aliphatic carbocycles. The normalized spacial score (nSPS) is 24.2. The molecule has 2 aromatic rings. The molecule has 104 valence electrons. The third kappa shape index (κ3) is 1.86. The smallest absolute Gasteiger partial charge is 0.231 e. The van der Waals surface area contributed by atoms with Crippen molar-refractivity contribution in [1.82, 2.24) is 4.98 Å². The fourth-order valence-corrected chi connectivity index (χ4v) is 2.87. The minimum absolute atomic E-state index is 0.0542. The zero-order valence-corrected chi connectivity index (χ0v) is 11.0. The Morgan fingerprint density at radius 3 is 2.85 bits per heavy atom. The van der Waals surface area contributed by atoms with E-state index >= 15 is 0 Å². The molecule has 2 aliphatic rings. The Morgan fingerprint density at radius 2 is 2.05 bits per heavy atom. The summed E-state index contributed by atoms with van der Waals surface area (Å²) in [5.41, 5.74) is 6.06. The van der Waals surface area contributed by atoms with Gasteiger partial charge in [-0.3, -0.25) is 0 Å². The van der Waals surface area contributed by atoms with E-state index in [2.05, 4.69) is 4.98 Å². The number of nitrogens with zero attached hydrogens (tertiary/aromatic N) is 1. The van der Waals surface area contributed by atoms with E-state index in [1.54, 1.807) is 6.20 Å². The van der Waals surface area contributed by atoms with Crippen molar-refractivity contribution in [3.8, 4) is 17.4 Å². The van der Waals surface area contributed by atoms with E-state index in [9.17, 15) is 0 Å². The van der Waals surface area contributed by atoms with E-state index in [0.717, 1.165) is 41.5 Å². The SMILES string of the molecule is NC1CCCC1Oc1nccc2cc3c(cc12)OCO3. The van der Waals surface area contributed by atoms with Crippen LogP contribution >= 0.6 is 0 Å². The molecule has 0 spiro atoms. The van der Waals surface area contributed by atoms with Crippen LogP contribution in [0.2, 0.25) is 0 Å². The number of hydrogen-bond donors (Lipinski definition) is 1. The van der Waals surface area contributed by atoms with Crippen molar-refractivity contribution in [1.29, 1.82) is 0 Å². The van der Waals surface area contributed by atoms with Crippen molar-refractivity contribution in [2.75, 3.05) is 6.79 Å². The van der Waals surface area contributed by atoms with Gasteiger partial charge in [-0.2, -0.15) is 0 Å². The molecule has 4 rings (SSSR count). The second-order valence-electron chi connectivity index (χ2n) is 5.29. The van der Waals surface area contributed by atoms with Gasteiger partial charge >= 0.3 is 0 Å². The van der Waals surface area contributed by atoms with E-state index in [1.807, 2.05) is 18.2 Å². The van der Waals surface area contributed by atoms with E-state index < -0.39 is 0 Å². The summed E-state index contributed by atoms with van der Waals surface area (Å²) in [6, 6.07) is 5.93. The second-order valence-corrected chi connectivity index (χ2v) is 5.29. The van der Waals surface area contributed by atoms with E-state index in [1.165, 1.54) is 0 Å². The summed E-state index contributed by atoms with van der Waals surface area (Å²) in [5, 5.41) is 1.97. The van der Waals surface area contributed by atoms with E-state index in [-0.39, 0.29) is 18.9 Å². The maximum atomic E-state index is 6.06. The van der Waals surface area contributed by atoms with Crippen molar-refractivity contribution in [2.24, 2.45) is 5.73 Å². The Balaban J connectivity index is 1.75. The summed E-state index contributed by atoms with van der Waals surface area (Å²) < 4.78 is 16.8. The largest absolute Gasteiger partial charge is 0.472 e. The molecule has 5 nitrogen and oxygen atoms in total. The standard InChI is InChI=1S/C15H16N2O3/c16-11-2-1-3-12(11)20-15-10-7-14-13(18-8-19-14)6-9(10)4-5-17-15/h4-7,11-12H,1-3,8,16H2. The van der Waals surface area contributed by atoms with Gasteiger partial charge in [0.25, 0.3) is 0 Å². The molecule has 2 atom stereocenters. The number of rotatable bonds is 2. The van der Waals surface area contributed by atoms with Crippen molar-refractivity contribution >= 4 is 10.8 Å². The highest BCUT2D eigenvalue weighted by atomic mass is 16.7. The van der Waals surface area contributed by atoms with Crippen LogP contribution in [0.5, 0.6) is 17.4 Å². The van der Waals surface area contributed by atoms with Crippen molar-refractivity contribution in [2.45, 2.75) is 31.4 Å². The average molecular weight is 272 g/mol. The van der Waals surface area contributed by atoms with Gasteiger partial charge in [0.05, 0.1) is 0 Å². The molecule has 0 bridgehead atoms. The molecule has 1 fully saturated rings. The summed E-state index contributed by atoms with van der Waals surface area (Å²) >= 11 is 0. The monoisotopic (exact) mass is 272 g/mol. The van der Waals surface area contributed by atoms with Crippen molar-refractivity contribution in [3.63, 3.8) is 0 Å². The fraction of sp³-hybridized carbons (Fsp3) is 0.400. The van der Waals surface area contributed by atoms with Crippen LogP contribution in [0.1, 0.15) is 19.3 Å². The highest BCUT2D eigenvalue weighted by Gasteiger charge is 2.27. The van der Waals surface area contributed by atoms with E-state index in [4.69, 9.17) is 19.9 Å². The van der Waals surface area contributed by atoms with Gasteiger partial charge < -0.3 is 19.9 Å². The van der Waals surface area contributed by atoms with Crippen LogP contribution in [0.3, 0.4) is 0 Å². The molecule has 1 saturated carbocycles. The number of fused-ring (bicyclic) bond motifs is 2. The van der Waals surface area contributed by atoms with Gasteiger partial charge in [0, 0.05) is 17.6 Å². The summed E-state index contributed by atoms with van der Waals surface area (Å²) in [6.45, 7) is 0.267. The molecule has 1 aliphatic heterocycles. The minimum Gasteiger partial charge on any atom is -0.472 e. The zero-order valence-electron chi connectivity index (χ0n) is 11.0. The number of benzene rings is 1. The van der Waals surface area contributed by atoms with Crippen LogP contribution in [-0.2, 0) is 0 Å². The van der Waals surface area contributed by atoms with Gasteiger partial charge in [-0.15, -0.1) is 0 Å². The molecule has 0 saturated heterocycles. The molecule has 1 aromatic heterocycles. The maximum absolute atomic E-state index is 6.06. The Morgan fingerprint density at radius 1 is 1.20 bits per heavy atom. The Kier molecular flexibility index (Phi) is 2.67. The third-order valence-corrected chi connectivity index (χ3v) is 3.99. The summed E-state index contributed by atoms with van der Waals surface area (Å²) in [4.78, 5) is 4.36. The quantitative estimate of drug-likeness (QED) is 0.908. The fourth-order valence-electron chi connectivity index (χ4n) is 2.87. The number of pyridine rings is 1. The first kappa shape index (κ1) is 11.8. The first-order chi connectivity index (χ1) is 9.81. The lowest BCUT2D eigenvalue weighted by molar-refractivity contribution is 0.174. The van der Waals surface area contributed by atoms with Gasteiger partial charge in [0.15, 0.2) is 11.5 Å². The zero-order chi connectivity index (χ0) is 13.5. The molecule has 5 heteroatoms. The summed E-state index contributed by atoms with van der Waals surface area (Å²) in [7, 11) is 0. The van der Waals surface area contributed by atoms with Gasteiger partial charge in [-0.05, 0) is 42.8 Å². The Labute approximate surface area is 116 Å². The predicted octanol–water partition coefficient (Wildman–Crippen LogP) is 2.22. The molecule has 20 heavy (non-hydrogen) atoms. The molecule has 0 radical (unpaired) electrons. The molecule has 2 N–H and O–H groups in total. The van der Waals surface area contributed by atoms with Crippen LogP contribution in [0.15, 0.2) is 24.4 Å². The lowest BCUT2D eigenvalue weighted by Gasteiger charge is -2.18. The highest BCUT2D eigenvalue weighted by Crippen LogP contribution is 2.39. The Hall–Kier alpha value is -2.01. The molecule has 2 heterocycles. The molecule has 2 unspecified atom stereocenters. The van der Waals surface area contributed by atoms with Crippen LogP contribution in [-0.4, -0.2) is 23.9 Å². The third-order valence-electron chi connectivity index (χ3n) is 3.99. The van der Waals surface area contributed by atoms with Gasteiger partial charge in [0.2, 0.25) is 12.7 Å². The van der Waals surface area contributed by atoms with Crippen LogP contribution in [0.25, 0.3) is 10.8 Å². The maximum Gasteiger partial charge on any atom is 0.231 e. The highest BCUT2D eigenvalue weighted by molar-refractivity contribution is 5.90. The average Bonchev–Trinajstić information content (AvgIpc) is 3.06. The second kappa shape index (κ2) is 4.52. The van der Waals surface area contributed by atoms with Crippen molar-refractivity contribution < 1.29 is 14.2 Å². The summed E-state index contributed by atoms with van der Waals surface area (Å²) in [6.07, 6.45) is 4.92. The minimum atomic E-state index is 0.0542. The van der Waals surface area contributed by atoms with Gasteiger partial charge in [0.1, 0.15) is 6.10 Å². The lowest BCUT2D eigenvalue weighted by atomic mass is 10.1. The molecular formula is C15H16N2O3. The van der Waals surface area contributed by atoms with Crippen molar-refractivity contribution in [3.05, 3.63) is 24.4 Å². The lowest BCUT2D eigenvalue weighted by Crippen LogP contribution is -2.33. The topological polar surface area (TPSA) is 66.6 Å². The molecule has 1 aromatic carbocycles. The van der Waals surface area contributed by atoms with Crippen LogP contribution in [0, 0.1) is 0 Å². The molecule has 0 amide bonds. The predicted molar refractivity (Wildman–Crippen MR) is 74.1 cm³/mol. The Bertz CT molecular complexity index is 659. The number of nitrogens with two attached hydrogens (primary N) is 1. The van der Waals surface area contributed by atoms with Crippen LogP contribution in [0.4, 0.5) is 0 Å². The summed E-state index contributed by atoms with van der Waals surface area (Å²) in [5.74, 6) is 2.14. The first-order valence-corrected chi connectivity index (χ1v) is 6.92. The van der Waals surface area contributed by atoms with Gasteiger partial charge in [-0.1, -0.05) is 0 Å². The van der Waals surface area contributed by atoms with Gasteiger partial charge in [-0.25, -0.2) is 4.98 Å². The number of aromatic nitrogens is 1. The number of hydrogen-bond acceptors (Lipinski definition) is 5. The number of ether oxygens (including phenoxy) is 3. The molecular weight excluding hydrogens is 256 g/mol. The van der Waals surface area contributed by atoms with E-state index in [0.29, 0.717) is 5.88 Å².